The third kappa shape index (κ3) is 8.06. The van der Waals surface area contributed by atoms with Crippen molar-refractivity contribution in [3.8, 4) is 5.69 Å². The van der Waals surface area contributed by atoms with Crippen LogP contribution in [-0.2, 0) is 6.42 Å². The Morgan fingerprint density at radius 3 is 1.46 bits per heavy atom. The average Bonchev–Trinajstić information content (AvgIpc) is 3.43. The van der Waals surface area contributed by atoms with Gasteiger partial charge in [0, 0.05) is 39.9 Å². The summed E-state index contributed by atoms with van der Waals surface area (Å²) in [7, 11) is 0. The standard InChI is InChI=1S/C32H24N2.C4H8.C3H8.C3H6.C2H6/c1-22-18-25(33-29-14-6-2-10-23(29)20-24-11-3-7-15-30(24)33)21-26(19-22)34-31-16-8-4-12-27(31)28-13-5-9-17-32(28)34;1-3-4-2;2*1-3-2;1-2/h2-19,21H,20H2,1H3;3-4H,1-2H3;3H2,1-2H3;3H,1H2,2H3;1-2H3/b;4-3-;;;. The highest BCUT2D eigenvalue weighted by atomic mass is 15.2. The van der Waals surface area contributed by atoms with Crippen LogP contribution in [0.2, 0.25) is 0 Å². The van der Waals surface area contributed by atoms with Gasteiger partial charge in [0.25, 0.3) is 0 Å². The maximum atomic E-state index is 3.36. The third-order valence-electron chi connectivity index (χ3n) is 7.32. The molecule has 1 aromatic heterocycles. The van der Waals surface area contributed by atoms with Crippen molar-refractivity contribution in [2.75, 3.05) is 4.90 Å². The second-order valence-electron chi connectivity index (χ2n) is 10.9. The lowest BCUT2D eigenvalue weighted by Gasteiger charge is -2.34. The molecule has 1 aliphatic heterocycles. The van der Waals surface area contributed by atoms with Crippen LogP contribution < -0.4 is 4.90 Å². The molecule has 0 radical (unpaired) electrons. The van der Waals surface area contributed by atoms with E-state index in [1.165, 1.54) is 67.7 Å². The molecule has 0 saturated carbocycles. The monoisotopic (exact) mass is 608 g/mol. The molecule has 0 saturated heterocycles. The zero-order valence-electron chi connectivity index (χ0n) is 29.2. The van der Waals surface area contributed by atoms with E-state index >= 15 is 0 Å². The van der Waals surface area contributed by atoms with Gasteiger partial charge in [-0.3, -0.25) is 0 Å². The Bertz CT molecular complexity index is 1750. The van der Waals surface area contributed by atoms with Gasteiger partial charge in [0.2, 0.25) is 0 Å². The van der Waals surface area contributed by atoms with Crippen LogP contribution in [0.3, 0.4) is 0 Å². The van der Waals surface area contributed by atoms with Crippen molar-refractivity contribution in [2.24, 2.45) is 0 Å². The van der Waals surface area contributed by atoms with Crippen LogP contribution in [0.15, 0.2) is 140 Å². The SMILES string of the molecule is C/C=C\C.C=CC.CC.CCC.Cc1cc(N2c3ccccc3Cc3ccccc32)cc(-n2c3ccccc3c3ccccc32)c1. The summed E-state index contributed by atoms with van der Waals surface area (Å²) < 4.78 is 2.41. The molecule has 2 heterocycles. The summed E-state index contributed by atoms with van der Waals surface area (Å²) in [5.41, 5.74) is 11.3. The van der Waals surface area contributed by atoms with Gasteiger partial charge in [-0.2, -0.15) is 0 Å². The van der Waals surface area contributed by atoms with Crippen molar-refractivity contribution in [3.63, 3.8) is 0 Å². The molecule has 5 aromatic carbocycles. The van der Waals surface area contributed by atoms with E-state index in [1.54, 1.807) is 6.08 Å². The minimum Gasteiger partial charge on any atom is -0.310 e. The number of hydrogen-bond donors (Lipinski definition) is 0. The van der Waals surface area contributed by atoms with Gasteiger partial charge in [-0.15, -0.1) is 6.58 Å². The Hall–Kier alpha value is -4.82. The van der Waals surface area contributed by atoms with Gasteiger partial charge in [0.15, 0.2) is 0 Å². The lowest BCUT2D eigenvalue weighted by molar-refractivity contribution is 1.08. The summed E-state index contributed by atoms with van der Waals surface area (Å²) >= 11 is 0. The van der Waals surface area contributed by atoms with Crippen LogP contribution in [0.1, 0.15) is 71.6 Å². The van der Waals surface area contributed by atoms with Crippen LogP contribution in [-0.4, -0.2) is 4.57 Å². The molecular formula is C44H52N2. The zero-order chi connectivity index (χ0) is 33.5. The summed E-state index contributed by atoms with van der Waals surface area (Å²) in [4.78, 5) is 2.43. The summed E-state index contributed by atoms with van der Waals surface area (Å²) in [5, 5.41) is 2.57. The summed E-state index contributed by atoms with van der Waals surface area (Å²) in [6, 6.07) is 41.9. The zero-order valence-corrected chi connectivity index (χ0v) is 29.2. The summed E-state index contributed by atoms with van der Waals surface area (Å²) in [5.74, 6) is 0. The highest BCUT2D eigenvalue weighted by molar-refractivity contribution is 6.09. The van der Waals surface area contributed by atoms with E-state index in [4.69, 9.17) is 0 Å². The normalized spacial score (nSPS) is 11.0. The van der Waals surface area contributed by atoms with Crippen LogP contribution >= 0.6 is 0 Å². The largest absolute Gasteiger partial charge is 0.310 e. The Balaban J connectivity index is 0.000000422. The molecule has 0 N–H and O–H groups in total. The second-order valence-corrected chi connectivity index (χ2v) is 10.9. The molecule has 0 spiro atoms. The Morgan fingerprint density at radius 2 is 1.00 bits per heavy atom. The number of aryl methyl sites for hydroxylation is 1. The first-order chi connectivity index (χ1) is 22.5. The van der Waals surface area contributed by atoms with Crippen LogP contribution in [0.25, 0.3) is 27.5 Å². The molecule has 0 fully saturated rings. The first-order valence-corrected chi connectivity index (χ1v) is 16.7. The maximum absolute atomic E-state index is 3.36. The Kier molecular flexibility index (Phi) is 14.1. The van der Waals surface area contributed by atoms with Crippen molar-refractivity contribution in [2.45, 2.75) is 68.2 Å². The van der Waals surface area contributed by atoms with Gasteiger partial charge in [0.05, 0.1) is 11.0 Å². The smallest absolute Gasteiger partial charge is 0.0541 e. The van der Waals surface area contributed by atoms with E-state index in [2.05, 4.69) is 152 Å². The predicted molar refractivity (Wildman–Crippen MR) is 207 cm³/mol. The minimum atomic E-state index is 0.967. The summed E-state index contributed by atoms with van der Waals surface area (Å²) in [6.07, 6.45) is 7.97. The molecule has 7 rings (SSSR count). The minimum absolute atomic E-state index is 0.967. The molecule has 6 aromatic rings. The van der Waals surface area contributed by atoms with Crippen molar-refractivity contribution in [1.29, 1.82) is 0 Å². The van der Waals surface area contributed by atoms with Gasteiger partial charge in [-0.1, -0.05) is 125 Å². The number of benzene rings is 5. The number of anilines is 3. The molecule has 0 amide bonds. The third-order valence-corrected chi connectivity index (χ3v) is 7.32. The molecular weight excluding hydrogens is 556 g/mol. The molecule has 2 nitrogen and oxygen atoms in total. The van der Waals surface area contributed by atoms with E-state index in [0.29, 0.717) is 0 Å². The number of fused-ring (bicyclic) bond motifs is 5. The van der Waals surface area contributed by atoms with Gasteiger partial charge in [0.1, 0.15) is 0 Å². The molecule has 238 valence electrons. The van der Waals surface area contributed by atoms with E-state index in [-0.39, 0.29) is 0 Å². The number of allylic oxidation sites excluding steroid dienone is 3. The lowest BCUT2D eigenvalue weighted by Crippen LogP contribution is -2.18. The van der Waals surface area contributed by atoms with Gasteiger partial charge >= 0.3 is 0 Å². The fourth-order valence-corrected chi connectivity index (χ4v) is 5.57. The van der Waals surface area contributed by atoms with E-state index in [9.17, 15) is 0 Å². The van der Waals surface area contributed by atoms with Crippen LogP contribution in [0.4, 0.5) is 17.1 Å². The topological polar surface area (TPSA) is 8.17 Å². The van der Waals surface area contributed by atoms with E-state index in [0.717, 1.165) is 6.42 Å². The van der Waals surface area contributed by atoms with Crippen molar-refractivity contribution in [1.82, 2.24) is 4.57 Å². The van der Waals surface area contributed by atoms with Gasteiger partial charge in [-0.05, 0) is 86.8 Å². The first kappa shape index (κ1) is 35.7. The van der Waals surface area contributed by atoms with Crippen molar-refractivity contribution in [3.05, 3.63) is 157 Å². The molecule has 46 heavy (non-hydrogen) atoms. The predicted octanol–water partition coefficient (Wildman–Crippen LogP) is 13.7. The van der Waals surface area contributed by atoms with Crippen molar-refractivity contribution < 1.29 is 0 Å². The molecule has 0 bridgehead atoms. The Labute approximate surface area is 278 Å². The molecule has 0 unspecified atom stereocenters. The molecule has 1 aliphatic rings. The van der Waals surface area contributed by atoms with Gasteiger partial charge in [-0.25, -0.2) is 0 Å². The molecule has 0 aliphatic carbocycles. The van der Waals surface area contributed by atoms with Crippen LogP contribution in [0.5, 0.6) is 0 Å². The Morgan fingerprint density at radius 1 is 0.609 bits per heavy atom. The fourth-order valence-electron chi connectivity index (χ4n) is 5.57. The number of aromatic nitrogens is 1. The lowest BCUT2D eigenvalue weighted by atomic mass is 9.95. The number of para-hydroxylation sites is 4. The van der Waals surface area contributed by atoms with Gasteiger partial charge < -0.3 is 9.47 Å². The van der Waals surface area contributed by atoms with Crippen molar-refractivity contribution >= 4 is 38.9 Å². The highest BCUT2D eigenvalue weighted by Crippen LogP contribution is 2.44. The number of rotatable bonds is 2. The number of nitrogens with zero attached hydrogens (tertiary/aromatic N) is 2. The average molecular weight is 609 g/mol. The summed E-state index contributed by atoms with van der Waals surface area (Å²) in [6.45, 7) is 19.7. The van der Waals surface area contributed by atoms with Crippen LogP contribution in [0, 0.1) is 6.92 Å². The quantitative estimate of drug-likeness (QED) is 0.177. The molecule has 0 atom stereocenters. The second kappa shape index (κ2) is 18.2. The maximum Gasteiger partial charge on any atom is 0.0541 e. The van der Waals surface area contributed by atoms with E-state index in [1.807, 2.05) is 46.8 Å². The van der Waals surface area contributed by atoms with E-state index < -0.39 is 0 Å². The highest BCUT2D eigenvalue weighted by Gasteiger charge is 2.24. The number of hydrogen-bond acceptors (Lipinski definition) is 1. The molecule has 2 heteroatoms. The first-order valence-electron chi connectivity index (χ1n) is 16.7. The fraction of sp³-hybridized carbons (Fsp3) is 0.227.